The number of aliphatic hydroxyl groups is 1. The van der Waals surface area contributed by atoms with Gasteiger partial charge >= 0.3 is 0 Å². The number of carbonyl (C=O) groups excluding carboxylic acids is 2. The number of nitrogens with zero attached hydrogens (tertiary/aromatic N) is 3. The molecular formula is C33H26FN3O5S3. The highest BCUT2D eigenvalue weighted by molar-refractivity contribution is 8.00. The highest BCUT2D eigenvalue weighted by Crippen LogP contribution is 2.46. The SMILES string of the molecule is CCOc1cc(C2C(C(=O)c3cccs3)=C(O)C(=O)N2c2nnc(SCc3ccc(F)cc3)s2)ccc1OCc1ccccc1. The lowest BCUT2D eigenvalue weighted by atomic mass is 9.95. The van der Waals surface area contributed by atoms with Crippen molar-refractivity contribution in [1.82, 2.24) is 10.2 Å². The number of Topliss-reactive ketones (excluding diaryl/α,β-unsaturated/α-hetero) is 1. The van der Waals surface area contributed by atoms with Gasteiger partial charge in [-0.1, -0.05) is 77.7 Å². The smallest absolute Gasteiger partial charge is 0.296 e. The van der Waals surface area contributed by atoms with E-state index in [-0.39, 0.29) is 16.5 Å². The van der Waals surface area contributed by atoms with Crippen LogP contribution in [0.4, 0.5) is 9.52 Å². The first-order chi connectivity index (χ1) is 21.9. The second kappa shape index (κ2) is 13.6. The molecule has 0 saturated carbocycles. The Morgan fingerprint density at radius 3 is 2.51 bits per heavy atom. The number of amides is 1. The first-order valence-corrected chi connectivity index (χ1v) is 16.6. The standard InChI is InChI=1S/C33H26FN3O5S3/c1-2-41-25-17-22(12-15-24(25)42-18-20-7-4-3-5-8-20)28-27(29(38)26-9-6-16-43-26)30(39)31(40)37(28)32-35-36-33(45-32)44-19-21-10-13-23(34)14-11-21/h3-17,28,39H,2,18-19H2,1H3. The number of carbonyl (C=O) groups is 2. The normalized spacial score (nSPS) is 14.7. The van der Waals surface area contributed by atoms with E-state index in [0.717, 1.165) is 22.5 Å². The molecular weight excluding hydrogens is 634 g/mol. The van der Waals surface area contributed by atoms with Gasteiger partial charge in [0, 0.05) is 5.75 Å². The van der Waals surface area contributed by atoms with Gasteiger partial charge in [-0.05, 0) is 59.3 Å². The van der Waals surface area contributed by atoms with E-state index in [1.165, 1.54) is 40.1 Å². The van der Waals surface area contributed by atoms with Crippen LogP contribution in [0.1, 0.15) is 39.3 Å². The van der Waals surface area contributed by atoms with Crippen molar-refractivity contribution >= 4 is 51.3 Å². The molecule has 6 rings (SSSR count). The van der Waals surface area contributed by atoms with E-state index in [1.54, 1.807) is 47.8 Å². The van der Waals surface area contributed by atoms with Gasteiger partial charge in [0.2, 0.25) is 10.9 Å². The molecule has 2 aromatic heterocycles. The second-order valence-corrected chi connectivity index (χ2v) is 13.0. The van der Waals surface area contributed by atoms with Crippen LogP contribution in [0.2, 0.25) is 0 Å². The number of aromatic nitrogens is 2. The molecule has 1 unspecified atom stereocenters. The maximum Gasteiger partial charge on any atom is 0.296 e. The van der Waals surface area contributed by atoms with Crippen LogP contribution in [0.5, 0.6) is 11.5 Å². The van der Waals surface area contributed by atoms with Crippen molar-refractivity contribution in [1.29, 1.82) is 0 Å². The lowest BCUT2D eigenvalue weighted by Gasteiger charge is -2.25. The van der Waals surface area contributed by atoms with Gasteiger partial charge in [0.25, 0.3) is 5.91 Å². The number of hydrogen-bond acceptors (Lipinski definition) is 10. The van der Waals surface area contributed by atoms with E-state index in [4.69, 9.17) is 9.47 Å². The van der Waals surface area contributed by atoms with E-state index in [2.05, 4.69) is 10.2 Å². The summed E-state index contributed by atoms with van der Waals surface area (Å²) in [7, 11) is 0. The first-order valence-electron chi connectivity index (χ1n) is 13.9. The highest BCUT2D eigenvalue weighted by atomic mass is 32.2. The third-order valence-electron chi connectivity index (χ3n) is 6.90. The van der Waals surface area contributed by atoms with Crippen LogP contribution < -0.4 is 14.4 Å². The van der Waals surface area contributed by atoms with Gasteiger partial charge in [0.15, 0.2) is 21.6 Å². The molecule has 0 radical (unpaired) electrons. The maximum atomic E-state index is 13.7. The van der Waals surface area contributed by atoms with Crippen molar-refractivity contribution in [2.75, 3.05) is 11.5 Å². The Hall–Kier alpha value is -4.52. The molecule has 0 fully saturated rings. The quantitative estimate of drug-likeness (QED) is 0.0823. The van der Waals surface area contributed by atoms with Crippen LogP contribution in [0, 0.1) is 5.82 Å². The number of anilines is 1. The molecule has 3 aromatic carbocycles. The van der Waals surface area contributed by atoms with Gasteiger partial charge in [0.1, 0.15) is 12.4 Å². The molecule has 12 heteroatoms. The molecule has 1 aliphatic heterocycles. The van der Waals surface area contributed by atoms with Crippen LogP contribution >= 0.6 is 34.4 Å². The molecule has 0 saturated heterocycles. The molecule has 1 N–H and O–H groups in total. The molecule has 3 heterocycles. The second-order valence-electron chi connectivity index (χ2n) is 9.83. The lowest BCUT2D eigenvalue weighted by Crippen LogP contribution is -2.31. The lowest BCUT2D eigenvalue weighted by molar-refractivity contribution is -0.117. The monoisotopic (exact) mass is 659 g/mol. The largest absolute Gasteiger partial charge is 0.503 e. The molecule has 0 aliphatic carbocycles. The van der Waals surface area contributed by atoms with Gasteiger partial charge < -0.3 is 14.6 Å². The molecule has 1 aliphatic rings. The van der Waals surface area contributed by atoms with Gasteiger partial charge in [-0.25, -0.2) is 4.39 Å². The maximum absolute atomic E-state index is 13.7. The molecule has 228 valence electrons. The summed E-state index contributed by atoms with van der Waals surface area (Å²) in [5.41, 5.74) is 2.35. The Kier molecular flexibility index (Phi) is 9.24. The van der Waals surface area contributed by atoms with Crippen molar-refractivity contribution < 1.29 is 28.6 Å². The number of thiophene rings is 1. The molecule has 45 heavy (non-hydrogen) atoms. The fourth-order valence-corrected chi connectivity index (χ4v) is 7.29. The fourth-order valence-electron chi connectivity index (χ4n) is 4.79. The van der Waals surface area contributed by atoms with Crippen molar-refractivity contribution in [2.45, 2.75) is 29.7 Å². The van der Waals surface area contributed by atoms with Crippen LogP contribution in [0.15, 0.2) is 106 Å². The average molecular weight is 660 g/mol. The number of rotatable bonds is 12. The van der Waals surface area contributed by atoms with Crippen molar-refractivity contribution in [2.24, 2.45) is 0 Å². The summed E-state index contributed by atoms with van der Waals surface area (Å²) in [5, 5.41) is 21.6. The number of ether oxygens (including phenoxy) is 2. The van der Waals surface area contributed by atoms with E-state index < -0.39 is 23.5 Å². The minimum absolute atomic E-state index is 0.0569. The number of thioether (sulfide) groups is 1. The summed E-state index contributed by atoms with van der Waals surface area (Å²) >= 11 is 3.77. The molecule has 1 atom stereocenters. The number of aliphatic hydroxyl groups excluding tert-OH is 1. The Bertz CT molecular complexity index is 1840. The number of ketones is 1. The van der Waals surface area contributed by atoms with E-state index in [0.29, 0.717) is 45.2 Å². The third kappa shape index (κ3) is 6.63. The zero-order chi connectivity index (χ0) is 31.3. The van der Waals surface area contributed by atoms with Crippen molar-refractivity contribution in [3.05, 3.63) is 129 Å². The molecule has 0 spiro atoms. The van der Waals surface area contributed by atoms with Crippen LogP contribution in [0.25, 0.3) is 0 Å². The summed E-state index contributed by atoms with van der Waals surface area (Å²) in [4.78, 5) is 29.1. The molecule has 0 bridgehead atoms. The summed E-state index contributed by atoms with van der Waals surface area (Å²) in [5.74, 6) is -0.731. The topological polar surface area (TPSA) is 102 Å². The number of hydrogen-bond donors (Lipinski definition) is 1. The Morgan fingerprint density at radius 2 is 1.78 bits per heavy atom. The molecule has 8 nitrogen and oxygen atoms in total. The highest BCUT2D eigenvalue weighted by Gasteiger charge is 2.46. The Balaban J connectivity index is 1.34. The van der Waals surface area contributed by atoms with Gasteiger partial charge in [-0.2, -0.15) is 0 Å². The van der Waals surface area contributed by atoms with Crippen molar-refractivity contribution in [3.63, 3.8) is 0 Å². The fraction of sp³-hybridized carbons (Fsp3) is 0.152. The zero-order valence-corrected chi connectivity index (χ0v) is 26.3. The van der Waals surface area contributed by atoms with Crippen LogP contribution in [-0.2, 0) is 17.2 Å². The molecule has 5 aromatic rings. The summed E-state index contributed by atoms with van der Waals surface area (Å²) < 4.78 is 25.9. The zero-order valence-electron chi connectivity index (χ0n) is 23.9. The predicted molar refractivity (Wildman–Crippen MR) is 173 cm³/mol. The van der Waals surface area contributed by atoms with Crippen molar-refractivity contribution in [3.8, 4) is 11.5 Å². The first kappa shape index (κ1) is 30.5. The summed E-state index contributed by atoms with van der Waals surface area (Å²) in [6.07, 6.45) is 0. The summed E-state index contributed by atoms with van der Waals surface area (Å²) in [6.45, 7) is 2.52. The van der Waals surface area contributed by atoms with Crippen LogP contribution in [-0.4, -0.2) is 33.6 Å². The van der Waals surface area contributed by atoms with Gasteiger partial charge in [-0.15, -0.1) is 21.5 Å². The Labute approximate surface area is 270 Å². The van der Waals surface area contributed by atoms with E-state index in [9.17, 15) is 19.1 Å². The number of halogens is 1. The van der Waals surface area contributed by atoms with Gasteiger partial charge in [0.05, 0.1) is 23.1 Å². The average Bonchev–Trinajstić information content (AvgIpc) is 3.81. The van der Waals surface area contributed by atoms with E-state index >= 15 is 0 Å². The predicted octanol–water partition coefficient (Wildman–Crippen LogP) is 7.79. The van der Waals surface area contributed by atoms with E-state index in [1.807, 2.05) is 37.3 Å². The Morgan fingerprint density at radius 1 is 0.978 bits per heavy atom. The molecule has 1 amide bonds. The minimum atomic E-state index is -1.00. The van der Waals surface area contributed by atoms with Gasteiger partial charge in [-0.3, -0.25) is 14.5 Å². The third-order valence-corrected chi connectivity index (χ3v) is 9.89. The minimum Gasteiger partial charge on any atom is -0.503 e. The van der Waals surface area contributed by atoms with Crippen LogP contribution in [0.3, 0.4) is 0 Å². The summed E-state index contributed by atoms with van der Waals surface area (Å²) in [6, 6.07) is 23.5. The number of benzene rings is 3.